The van der Waals surface area contributed by atoms with Crippen LogP contribution in [-0.4, -0.2) is 15.2 Å². The average molecular weight is 273 g/mol. The number of nitrogens with zero attached hydrogens (tertiary/aromatic N) is 1. The lowest BCUT2D eigenvalue weighted by Crippen LogP contribution is -2.26. The molecule has 0 bridgehead atoms. The Morgan fingerprint density at radius 3 is 2.60 bits per heavy atom. The van der Waals surface area contributed by atoms with E-state index in [1.54, 1.807) is 18.2 Å². The van der Waals surface area contributed by atoms with Crippen molar-refractivity contribution in [3.63, 3.8) is 0 Å². The molecule has 0 fully saturated rings. The average Bonchev–Trinajstić information content (AvgIpc) is 2.58. The van der Waals surface area contributed by atoms with Gasteiger partial charge in [0.1, 0.15) is 0 Å². The van der Waals surface area contributed by atoms with Gasteiger partial charge in [-0.05, 0) is 33.4 Å². The maximum absolute atomic E-state index is 12.9. The molecule has 2 aromatic rings. The minimum atomic E-state index is -3.31. The fourth-order valence-corrected chi connectivity index (χ4v) is 1.61. The number of rotatable bonds is 1. The summed E-state index contributed by atoms with van der Waals surface area (Å²) in [4.78, 5) is -3.31. The van der Waals surface area contributed by atoms with Gasteiger partial charge in [-0.2, -0.15) is 8.78 Å². The van der Waals surface area contributed by atoms with Crippen LogP contribution in [0, 0.1) is 5.41 Å². The molecular weight excluding hydrogens is 266 g/mol. The van der Waals surface area contributed by atoms with Gasteiger partial charge in [0, 0.05) is 6.20 Å². The summed E-state index contributed by atoms with van der Waals surface area (Å²) in [6.45, 7) is 0. The summed E-state index contributed by atoms with van der Waals surface area (Å²) in [5, 5.41) is 8.18. The molecule has 15 heavy (non-hydrogen) atoms. The van der Waals surface area contributed by atoms with Crippen molar-refractivity contribution in [3.05, 3.63) is 36.5 Å². The second-order valence-electron chi connectivity index (χ2n) is 3.09. The summed E-state index contributed by atoms with van der Waals surface area (Å²) in [6, 6.07) is 8.78. The van der Waals surface area contributed by atoms with Crippen LogP contribution >= 0.6 is 15.9 Å². The van der Waals surface area contributed by atoms with Gasteiger partial charge in [-0.1, -0.05) is 18.2 Å². The van der Waals surface area contributed by atoms with Crippen LogP contribution in [0.15, 0.2) is 36.5 Å². The minimum Gasteiger partial charge on any atom is -0.299 e. The number of benzene rings is 1. The van der Waals surface area contributed by atoms with E-state index in [9.17, 15) is 8.78 Å². The molecule has 0 aliphatic heterocycles. The number of nitrogens with one attached hydrogen (secondary N) is 1. The molecule has 78 valence electrons. The van der Waals surface area contributed by atoms with Gasteiger partial charge in [0.15, 0.2) is 5.84 Å². The number of hydrogen-bond acceptors (Lipinski definition) is 1. The molecular formula is C10H7BrF2N2. The van der Waals surface area contributed by atoms with Gasteiger partial charge in [-0.25, -0.2) is 0 Å². The van der Waals surface area contributed by atoms with Gasteiger partial charge < -0.3 is 0 Å². The van der Waals surface area contributed by atoms with Crippen molar-refractivity contribution < 1.29 is 8.78 Å². The Morgan fingerprint density at radius 1 is 1.27 bits per heavy atom. The van der Waals surface area contributed by atoms with Crippen LogP contribution in [0.3, 0.4) is 0 Å². The van der Waals surface area contributed by atoms with Gasteiger partial charge in [-0.15, -0.1) is 0 Å². The quantitative estimate of drug-likeness (QED) is 0.468. The number of hydrogen-bond donors (Lipinski definition) is 1. The molecule has 5 heteroatoms. The predicted octanol–water partition coefficient (Wildman–Crippen LogP) is 3.45. The van der Waals surface area contributed by atoms with E-state index in [1.807, 2.05) is 12.1 Å². The standard InChI is InChI=1S/C10H7BrF2N2/c11-10(12,13)9(14)15-6-5-7-3-1-2-4-8(7)15/h1-6,14H. The van der Waals surface area contributed by atoms with E-state index in [-0.39, 0.29) is 0 Å². The second kappa shape index (κ2) is 3.41. The third-order valence-corrected chi connectivity index (χ3v) is 2.48. The van der Waals surface area contributed by atoms with Crippen molar-refractivity contribution >= 4 is 32.7 Å². The number of para-hydroxylation sites is 1. The van der Waals surface area contributed by atoms with Crippen LogP contribution in [0.1, 0.15) is 0 Å². The highest BCUT2D eigenvalue weighted by molar-refractivity contribution is 9.10. The van der Waals surface area contributed by atoms with Crippen LogP contribution in [-0.2, 0) is 0 Å². The first-order valence-electron chi connectivity index (χ1n) is 4.22. The molecule has 0 aliphatic carbocycles. The summed E-state index contributed by atoms with van der Waals surface area (Å²) >= 11 is 2.17. The number of aromatic nitrogens is 1. The van der Waals surface area contributed by atoms with Crippen LogP contribution in [0.25, 0.3) is 10.9 Å². The Bertz CT molecular complexity index is 513. The number of alkyl halides is 3. The maximum Gasteiger partial charge on any atom is 0.357 e. The third kappa shape index (κ3) is 1.79. The minimum absolute atomic E-state index is 0.599. The molecule has 0 unspecified atom stereocenters. The second-order valence-corrected chi connectivity index (χ2v) is 4.09. The Balaban J connectivity index is 2.58. The van der Waals surface area contributed by atoms with Crippen molar-refractivity contribution in [2.45, 2.75) is 4.83 Å². The smallest absolute Gasteiger partial charge is 0.299 e. The van der Waals surface area contributed by atoms with Crippen LogP contribution in [0.5, 0.6) is 0 Å². The zero-order valence-corrected chi connectivity index (χ0v) is 9.13. The molecule has 0 atom stereocenters. The van der Waals surface area contributed by atoms with E-state index in [1.165, 1.54) is 6.20 Å². The zero-order chi connectivity index (χ0) is 11.1. The van der Waals surface area contributed by atoms with Gasteiger partial charge >= 0.3 is 4.83 Å². The highest BCUT2D eigenvalue weighted by Gasteiger charge is 2.32. The highest BCUT2D eigenvalue weighted by Crippen LogP contribution is 2.26. The van der Waals surface area contributed by atoms with Crippen LogP contribution in [0.4, 0.5) is 8.78 Å². The predicted molar refractivity (Wildman–Crippen MR) is 58.9 cm³/mol. The van der Waals surface area contributed by atoms with E-state index in [0.717, 1.165) is 9.95 Å². The lowest BCUT2D eigenvalue weighted by Gasteiger charge is -2.11. The lowest BCUT2D eigenvalue weighted by molar-refractivity contribution is 0.188. The van der Waals surface area contributed by atoms with Crippen LogP contribution < -0.4 is 0 Å². The van der Waals surface area contributed by atoms with Gasteiger partial charge in [0.25, 0.3) is 0 Å². The summed E-state index contributed by atoms with van der Waals surface area (Å²) < 4.78 is 26.9. The molecule has 0 aliphatic rings. The largest absolute Gasteiger partial charge is 0.357 e. The molecule has 0 saturated heterocycles. The van der Waals surface area contributed by atoms with E-state index in [0.29, 0.717) is 5.52 Å². The molecule has 0 amide bonds. The normalized spacial score (nSPS) is 11.9. The first kappa shape index (κ1) is 10.3. The fourth-order valence-electron chi connectivity index (χ4n) is 1.41. The molecule has 1 aromatic heterocycles. The molecule has 2 rings (SSSR count). The number of fused-ring (bicyclic) bond motifs is 1. The fraction of sp³-hybridized carbons (Fsp3) is 0.100. The van der Waals surface area contributed by atoms with Gasteiger partial charge in [-0.3, -0.25) is 9.98 Å². The monoisotopic (exact) mass is 272 g/mol. The van der Waals surface area contributed by atoms with Crippen molar-refractivity contribution in [2.24, 2.45) is 0 Å². The summed E-state index contributed by atoms with van der Waals surface area (Å²) in [7, 11) is 0. The lowest BCUT2D eigenvalue weighted by atomic mass is 10.2. The summed E-state index contributed by atoms with van der Waals surface area (Å²) in [5.41, 5.74) is 0.599. The first-order valence-corrected chi connectivity index (χ1v) is 5.01. The number of halogens is 3. The molecule has 0 radical (unpaired) electrons. The maximum atomic E-state index is 12.9. The van der Waals surface area contributed by atoms with Crippen LogP contribution in [0.2, 0.25) is 0 Å². The topological polar surface area (TPSA) is 28.8 Å². The Hall–Kier alpha value is -1.23. The molecule has 1 aromatic carbocycles. The van der Waals surface area contributed by atoms with E-state index in [2.05, 4.69) is 15.9 Å². The zero-order valence-electron chi connectivity index (χ0n) is 7.55. The van der Waals surface area contributed by atoms with E-state index >= 15 is 0 Å². The first-order chi connectivity index (χ1) is 7.00. The van der Waals surface area contributed by atoms with Crippen molar-refractivity contribution in [3.8, 4) is 0 Å². The third-order valence-electron chi connectivity index (χ3n) is 2.11. The van der Waals surface area contributed by atoms with Crippen molar-refractivity contribution in [2.75, 3.05) is 0 Å². The summed E-state index contributed by atoms with van der Waals surface area (Å²) in [6.07, 6.45) is 1.46. The molecule has 2 nitrogen and oxygen atoms in total. The van der Waals surface area contributed by atoms with E-state index in [4.69, 9.17) is 5.41 Å². The molecule has 1 N–H and O–H groups in total. The Morgan fingerprint density at radius 2 is 1.93 bits per heavy atom. The van der Waals surface area contributed by atoms with Gasteiger partial charge in [0.2, 0.25) is 0 Å². The molecule has 1 heterocycles. The molecule has 0 saturated carbocycles. The van der Waals surface area contributed by atoms with Crippen molar-refractivity contribution in [1.82, 2.24) is 4.57 Å². The van der Waals surface area contributed by atoms with Gasteiger partial charge in [0.05, 0.1) is 5.52 Å². The molecule has 0 spiro atoms. The SMILES string of the molecule is N=C(n1ccc2ccccc21)C(F)(F)Br. The Labute approximate surface area is 93.1 Å². The summed E-state index contributed by atoms with van der Waals surface area (Å²) in [5.74, 6) is -0.788. The van der Waals surface area contributed by atoms with Crippen molar-refractivity contribution in [1.29, 1.82) is 5.41 Å². The van der Waals surface area contributed by atoms with E-state index < -0.39 is 10.7 Å². The Kier molecular flexibility index (Phi) is 2.34. The highest BCUT2D eigenvalue weighted by atomic mass is 79.9.